The van der Waals surface area contributed by atoms with Gasteiger partial charge >= 0.3 is 0 Å². The molecule has 2 rings (SSSR count). The Morgan fingerprint density at radius 1 is 1.45 bits per heavy atom. The van der Waals surface area contributed by atoms with E-state index < -0.39 is 0 Å². The standard InChI is InChI=1S/C14H19ClN2O3/c15-12-3-1-11(2-4-12)7-16-14(19)9-17-5-6-20-13(8-17)10-18/h1-4,13,18H,5-10H2,(H,16,19). The van der Waals surface area contributed by atoms with Gasteiger partial charge in [-0.2, -0.15) is 0 Å². The van der Waals surface area contributed by atoms with Crippen molar-refractivity contribution in [1.82, 2.24) is 10.2 Å². The van der Waals surface area contributed by atoms with Crippen molar-refractivity contribution < 1.29 is 14.6 Å². The second-order valence-corrected chi connectivity index (χ2v) is 5.25. The Labute approximate surface area is 123 Å². The molecule has 6 heteroatoms. The number of nitrogens with zero attached hydrogens (tertiary/aromatic N) is 1. The number of amides is 1. The van der Waals surface area contributed by atoms with Crippen LogP contribution in [0.4, 0.5) is 0 Å². The Morgan fingerprint density at radius 3 is 2.90 bits per heavy atom. The van der Waals surface area contributed by atoms with Crippen LogP contribution in [0.3, 0.4) is 0 Å². The van der Waals surface area contributed by atoms with E-state index in [9.17, 15) is 4.79 Å². The first-order valence-corrected chi connectivity index (χ1v) is 7.01. The molecule has 0 aliphatic carbocycles. The lowest BCUT2D eigenvalue weighted by Crippen LogP contribution is -2.47. The van der Waals surface area contributed by atoms with Gasteiger partial charge < -0.3 is 15.2 Å². The zero-order chi connectivity index (χ0) is 14.4. The fourth-order valence-electron chi connectivity index (χ4n) is 2.10. The first kappa shape index (κ1) is 15.3. The SMILES string of the molecule is O=C(CN1CCOC(CO)C1)NCc1ccc(Cl)cc1. The molecule has 1 saturated heterocycles. The van der Waals surface area contributed by atoms with Crippen LogP contribution in [0.25, 0.3) is 0 Å². The van der Waals surface area contributed by atoms with Gasteiger partial charge in [-0.25, -0.2) is 0 Å². The summed E-state index contributed by atoms with van der Waals surface area (Å²) in [7, 11) is 0. The molecule has 1 aromatic carbocycles. The monoisotopic (exact) mass is 298 g/mol. The molecule has 2 N–H and O–H groups in total. The predicted molar refractivity (Wildman–Crippen MR) is 76.6 cm³/mol. The lowest BCUT2D eigenvalue weighted by Gasteiger charge is -2.31. The van der Waals surface area contributed by atoms with Crippen LogP contribution in [-0.4, -0.2) is 54.9 Å². The number of aliphatic hydroxyl groups excluding tert-OH is 1. The summed E-state index contributed by atoms with van der Waals surface area (Å²) in [5, 5.41) is 12.6. The van der Waals surface area contributed by atoms with E-state index in [0.717, 1.165) is 5.56 Å². The highest BCUT2D eigenvalue weighted by atomic mass is 35.5. The fraction of sp³-hybridized carbons (Fsp3) is 0.500. The van der Waals surface area contributed by atoms with Gasteiger partial charge in [-0.3, -0.25) is 9.69 Å². The maximum atomic E-state index is 11.9. The molecule has 0 aromatic heterocycles. The van der Waals surface area contributed by atoms with Crippen molar-refractivity contribution in [2.24, 2.45) is 0 Å². The Morgan fingerprint density at radius 2 is 2.20 bits per heavy atom. The van der Waals surface area contributed by atoms with Crippen LogP contribution in [0, 0.1) is 0 Å². The number of hydrogen-bond acceptors (Lipinski definition) is 4. The number of aliphatic hydroxyl groups is 1. The number of nitrogens with one attached hydrogen (secondary N) is 1. The highest BCUT2D eigenvalue weighted by Crippen LogP contribution is 2.09. The van der Waals surface area contributed by atoms with E-state index in [1.54, 1.807) is 12.1 Å². The number of halogens is 1. The van der Waals surface area contributed by atoms with Crippen molar-refractivity contribution in [3.05, 3.63) is 34.9 Å². The summed E-state index contributed by atoms with van der Waals surface area (Å²) in [4.78, 5) is 13.9. The van der Waals surface area contributed by atoms with Gasteiger partial charge in [0.25, 0.3) is 0 Å². The lowest BCUT2D eigenvalue weighted by molar-refractivity contribution is -0.125. The van der Waals surface area contributed by atoms with E-state index in [-0.39, 0.29) is 18.6 Å². The minimum absolute atomic E-state index is 0.0110. The van der Waals surface area contributed by atoms with Gasteiger partial charge in [0.15, 0.2) is 0 Å². The number of hydrogen-bond donors (Lipinski definition) is 2. The first-order valence-electron chi connectivity index (χ1n) is 6.63. The van der Waals surface area contributed by atoms with E-state index in [2.05, 4.69) is 5.32 Å². The van der Waals surface area contributed by atoms with Gasteiger partial charge in [0.1, 0.15) is 0 Å². The van der Waals surface area contributed by atoms with Crippen LogP contribution < -0.4 is 5.32 Å². The third-order valence-electron chi connectivity index (χ3n) is 3.20. The van der Waals surface area contributed by atoms with Crippen LogP contribution in [0.1, 0.15) is 5.56 Å². The maximum absolute atomic E-state index is 11.9. The lowest BCUT2D eigenvalue weighted by atomic mass is 10.2. The van der Waals surface area contributed by atoms with Gasteiger partial charge in [0.05, 0.1) is 25.9 Å². The molecule has 1 aliphatic rings. The quantitative estimate of drug-likeness (QED) is 0.838. The molecule has 0 spiro atoms. The smallest absolute Gasteiger partial charge is 0.234 e. The molecule has 1 aliphatic heterocycles. The predicted octanol–water partition coefficient (Wildman–Crippen LogP) is 0.649. The van der Waals surface area contributed by atoms with E-state index in [1.807, 2.05) is 17.0 Å². The van der Waals surface area contributed by atoms with Gasteiger partial charge in [-0.05, 0) is 17.7 Å². The Balaban J connectivity index is 1.73. The van der Waals surface area contributed by atoms with Crippen LogP contribution in [0.2, 0.25) is 5.02 Å². The van der Waals surface area contributed by atoms with Gasteiger partial charge in [-0.1, -0.05) is 23.7 Å². The Hall–Kier alpha value is -1.14. The summed E-state index contributed by atoms with van der Waals surface area (Å²) in [5.74, 6) is -0.0291. The molecule has 0 bridgehead atoms. The van der Waals surface area contributed by atoms with Crippen LogP contribution in [0.5, 0.6) is 0 Å². The molecule has 0 saturated carbocycles. The van der Waals surface area contributed by atoms with Crippen LogP contribution >= 0.6 is 11.6 Å². The van der Waals surface area contributed by atoms with E-state index >= 15 is 0 Å². The van der Waals surface area contributed by atoms with E-state index in [0.29, 0.717) is 37.8 Å². The highest BCUT2D eigenvalue weighted by Gasteiger charge is 2.21. The van der Waals surface area contributed by atoms with E-state index in [4.69, 9.17) is 21.4 Å². The van der Waals surface area contributed by atoms with Crippen molar-refractivity contribution in [3.63, 3.8) is 0 Å². The van der Waals surface area contributed by atoms with Crippen molar-refractivity contribution in [1.29, 1.82) is 0 Å². The zero-order valence-corrected chi connectivity index (χ0v) is 12.0. The molecule has 1 unspecified atom stereocenters. The summed E-state index contributed by atoms with van der Waals surface area (Å²) < 4.78 is 5.34. The third kappa shape index (κ3) is 4.76. The van der Waals surface area contributed by atoms with Crippen molar-refractivity contribution >= 4 is 17.5 Å². The molecule has 0 radical (unpaired) electrons. The van der Waals surface area contributed by atoms with E-state index in [1.165, 1.54) is 0 Å². The second kappa shape index (κ2) is 7.59. The molecule has 1 heterocycles. The summed E-state index contributed by atoms with van der Waals surface area (Å²) in [6.45, 7) is 2.66. The molecule has 1 amide bonds. The average Bonchev–Trinajstić information content (AvgIpc) is 2.47. The molecule has 5 nitrogen and oxygen atoms in total. The normalized spacial score (nSPS) is 19.8. The number of rotatable bonds is 5. The van der Waals surface area contributed by atoms with Crippen LogP contribution in [-0.2, 0) is 16.1 Å². The summed E-state index contributed by atoms with van der Waals surface area (Å²) in [6.07, 6.45) is -0.187. The van der Waals surface area contributed by atoms with Gasteiger partial charge in [0.2, 0.25) is 5.91 Å². The topological polar surface area (TPSA) is 61.8 Å². The minimum Gasteiger partial charge on any atom is -0.394 e. The van der Waals surface area contributed by atoms with Gasteiger partial charge in [-0.15, -0.1) is 0 Å². The maximum Gasteiger partial charge on any atom is 0.234 e. The third-order valence-corrected chi connectivity index (χ3v) is 3.45. The summed E-state index contributed by atoms with van der Waals surface area (Å²) >= 11 is 5.80. The summed E-state index contributed by atoms with van der Waals surface area (Å²) in [6, 6.07) is 7.38. The largest absolute Gasteiger partial charge is 0.394 e. The minimum atomic E-state index is -0.187. The molecular formula is C14H19ClN2O3. The van der Waals surface area contributed by atoms with Crippen molar-refractivity contribution in [3.8, 4) is 0 Å². The molecule has 20 heavy (non-hydrogen) atoms. The number of carbonyl (C=O) groups excluding carboxylic acids is 1. The molecule has 1 fully saturated rings. The molecular weight excluding hydrogens is 280 g/mol. The molecule has 110 valence electrons. The fourth-order valence-corrected chi connectivity index (χ4v) is 2.22. The Bertz CT molecular complexity index is 439. The number of carbonyl (C=O) groups is 1. The Kier molecular flexibility index (Phi) is 5.79. The number of benzene rings is 1. The van der Waals surface area contributed by atoms with Crippen LogP contribution in [0.15, 0.2) is 24.3 Å². The number of ether oxygens (including phenoxy) is 1. The molecule has 1 aromatic rings. The number of morpholine rings is 1. The zero-order valence-electron chi connectivity index (χ0n) is 11.2. The summed E-state index contributed by atoms with van der Waals surface area (Å²) in [5.41, 5.74) is 1.01. The van der Waals surface area contributed by atoms with Crippen molar-refractivity contribution in [2.45, 2.75) is 12.6 Å². The second-order valence-electron chi connectivity index (χ2n) is 4.81. The average molecular weight is 299 g/mol. The van der Waals surface area contributed by atoms with Gasteiger partial charge in [0, 0.05) is 24.7 Å². The molecule has 1 atom stereocenters. The van der Waals surface area contributed by atoms with Crippen molar-refractivity contribution in [2.75, 3.05) is 32.8 Å². The highest BCUT2D eigenvalue weighted by molar-refractivity contribution is 6.30. The first-order chi connectivity index (χ1) is 9.67.